The molecule has 0 bridgehead atoms. The summed E-state index contributed by atoms with van der Waals surface area (Å²) in [4.78, 5) is 30.4. The topological polar surface area (TPSA) is 85.7 Å². The number of hydrogen-bond donors (Lipinski definition) is 1. The van der Waals surface area contributed by atoms with Gasteiger partial charge in [-0.15, -0.1) is 0 Å². The summed E-state index contributed by atoms with van der Waals surface area (Å²) >= 11 is 12.8. The van der Waals surface area contributed by atoms with E-state index in [1.54, 1.807) is 61.4 Å². The first-order chi connectivity index (χ1) is 19.1. The number of para-hydroxylation sites is 1. The molecule has 3 aromatic carbocycles. The van der Waals surface area contributed by atoms with Gasteiger partial charge in [-0.3, -0.25) is 14.5 Å². The highest BCUT2D eigenvalue weighted by Gasteiger charge is 2.64. The largest absolute Gasteiger partial charge is 0.494 e. The first-order valence-corrected chi connectivity index (χ1v) is 13.5. The molecule has 204 valence electrons. The Bertz CT molecular complexity index is 1710. The highest BCUT2D eigenvalue weighted by Crippen LogP contribution is 2.56. The van der Waals surface area contributed by atoms with Crippen LogP contribution in [0.3, 0.4) is 0 Å². The Morgan fingerprint density at radius 2 is 1.60 bits per heavy atom. The zero-order valence-corrected chi connectivity index (χ0v) is 24.0. The number of methoxy groups -OCH3 is 2. The lowest BCUT2D eigenvalue weighted by Crippen LogP contribution is -2.51. The highest BCUT2D eigenvalue weighted by atomic mass is 35.5. The fraction of sp³-hybridized carbons (Fsp3) is 0.233. The van der Waals surface area contributed by atoms with Gasteiger partial charge >= 0.3 is 0 Å². The van der Waals surface area contributed by atoms with Crippen LogP contribution in [0.2, 0.25) is 10.0 Å². The van der Waals surface area contributed by atoms with Crippen LogP contribution in [0.4, 0.5) is 11.4 Å². The van der Waals surface area contributed by atoms with Crippen LogP contribution in [0.1, 0.15) is 52.6 Å². The lowest BCUT2D eigenvalue weighted by atomic mass is 9.81. The van der Waals surface area contributed by atoms with E-state index in [4.69, 9.17) is 37.8 Å². The van der Waals surface area contributed by atoms with Gasteiger partial charge in [-0.1, -0.05) is 55.2 Å². The number of anilines is 2. The molecule has 2 amide bonds. The van der Waals surface area contributed by atoms with Gasteiger partial charge in [0, 0.05) is 26.9 Å². The Kier molecular flexibility index (Phi) is 6.09. The Labute approximate surface area is 241 Å². The van der Waals surface area contributed by atoms with Crippen LogP contribution < -0.4 is 19.7 Å². The van der Waals surface area contributed by atoms with Crippen molar-refractivity contribution in [2.45, 2.75) is 32.2 Å². The molecule has 3 heterocycles. The summed E-state index contributed by atoms with van der Waals surface area (Å²) in [6, 6.07) is 15.9. The number of nitrogens with zero attached hydrogens (tertiary/aromatic N) is 3. The zero-order valence-electron chi connectivity index (χ0n) is 22.5. The second kappa shape index (κ2) is 9.28. The van der Waals surface area contributed by atoms with Crippen molar-refractivity contribution < 1.29 is 19.1 Å². The summed E-state index contributed by atoms with van der Waals surface area (Å²) in [5, 5.41) is 8.77. The number of rotatable bonds is 5. The molecule has 1 atom stereocenters. The lowest BCUT2D eigenvalue weighted by molar-refractivity contribution is -0.119. The average Bonchev–Trinajstić information content (AvgIpc) is 3.53. The molecule has 2 aliphatic heterocycles. The smallest absolute Gasteiger partial charge is 0.280 e. The third-order valence-corrected chi connectivity index (χ3v) is 8.01. The van der Waals surface area contributed by atoms with Gasteiger partial charge in [0.2, 0.25) is 0 Å². The summed E-state index contributed by atoms with van der Waals surface area (Å²) in [6.07, 6.45) is 0. The van der Waals surface area contributed by atoms with Gasteiger partial charge in [0.05, 0.1) is 25.6 Å². The first-order valence-electron chi connectivity index (χ1n) is 12.7. The maximum Gasteiger partial charge on any atom is 0.280 e. The Morgan fingerprint density at radius 1 is 0.950 bits per heavy atom. The number of carbonyl (C=O) groups is 2. The number of ether oxygens (including phenoxy) is 2. The van der Waals surface area contributed by atoms with Crippen molar-refractivity contribution in [3.63, 3.8) is 0 Å². The zero-order chi connectivity index (χ0) is 28.5. The van der Waals surface area contributed by atoms with Crippen LogP contribution in [-0.2, 0) is 10.3 Å². The van der Waals surface area contributed by atoms with Crippen LogP contribution in [0.15, 0.2) is 54.6 Å². The number of carbonyl (C=O) groups excluding carboxylic acids is 2. The van der Waals surface area contributed by atoms with Crippen LogP contribution >= 0.6 is 23.2 Å². The second-order valence-electron chi connectivity index (χ2n) is 10.1. The van der Waals surface area contributed by atoms with Gasteiger partial charge < -0.3 is 14.8 Å². The van der Waals surface area contributed by atoms with E-state index >= 15 is 0 Å². The van der Waals surface area contributed by atoms with E-state index < -0.39 is 11.4 Å². The molecule has 1 unspecified atom stereocenters. The van der Waals surface area contributed by atoms with E-state index in [9.17, 15) is 9.59 Å². The SMILES string of the molecule is COc1cccc(OC)c1-n1nc2c(c1C(C)C)C1(C(=O)Nc3cc(Cl)ccc31)N(c1cc(Cl)ccc1C)C2=O. The third kappa shape index (κ3) is 3.42. The number of aryl methyl sites for hydroxylation is 1. The predicted molar refractivity (Wildman–Crippen MR) is 155 cm³/mol. The summed E-state index contributed by atoms with van der Waals surface area (Å²) in [5.74, 6) is 0.0432. The van der Waals surface area contributed by atoms with E-state index in [0.29, 0.717) is 55.4 Å². The van der Waals surface area contributed by atoms with Gasteiger partial charge in [-0.25, -0.2) is 4.68 Å². The first kappa shape index (κ1) is 26.2. The summed E-state index contributed by atoms with van der Waals surface area (Å²) in [6.45, 7) is 5.87. The van der Waals surface area contributed by atoms with Crippen molar-refractivity contribution in [2.24, 2.45) is 0 Å². The van der Waals surface area contributed by atoms with Gasteiger partial charge in [0.15, 0.2) is 11.2 Å². The average molecular weight is 577 g/mol. The molecule has 2 aliphatic rings. The Hall–Kier alpha value is -4.01. The van der Waals surface area contributed by atoms with Gasteiger partial charge in [0.25, 0.3) is 11.8 Å². The molecule has 4 aromatic rings. The molecule has 0 saturated carbocycles. The summed E-state index contributed by atoms with van der Waals surface area (Å²) in [7, 11) is 3.12. The van der Waals surface area contributed by atoms with E-state index in [2.05, 4.69) is 5.32 Å². The summed E-state index contributed by atoms with van der Waals surface area (Å²) < 4.78 is 13.1. The number of hydrogen-bond acceptors (Lipinski definition) is 5. The molecule has 0 fully saturated rings. The maximum absolute atomic E-state index is 14.5. The molecular formula is C30H26Cl2N4O4. The standard InChI is InChI=1S/C30H26Cl2N4O4/c1-15(2)26-24-25(34-36(26)27-22(39-4)7-6-8-23(27)40-5)28(37)35(21-14-18(32)10-9-16(21)3)30(24)19-12-11-17(31)13-20(19)33-29(30)38/h6-15H,1-5H3,(H,33,38). The monoisotopic (exact) mass is 576 g/mol. The minimum atomic E-state index is -1.56. The predicted octanol–water partition coefficient (Wildman–Crippen LogP) is 6.48. The molecular weight excluding hydrogens is 551 g/mol. The molecule has 0 radical (unpaired) electrons. The number of benzene rings is 3. The van der Waals surface area contributed by atoms with E-state index in [0.717, 1.165) is 5.56 Å². The number of halogens is 2. The Balaban J connectivity index is 1.76. The molecule has 6 rings (SSSR count). The number of fused-ring (bicyclic) bond motifs is 4. The molecule has 40 heavy (non-hydrogen) atoms. The molecule has 1 aromatic heterocycles. The van der Waals surface area contributed by atoms with Crippen LogP contribution in [0, 0.1) is 6.92 Å². The van der Waals surface area contributed by atoms with Crippen molar-refractivity contribution in [1.82, 2.24) is 9.78 Å². The van der Waals surface area contributed by atoms with Gasteiger partial charge in [0.1, 0.15) is 17.2 Å². The van der Waals surface area contributed by atoms with Gasteiger partial charge in [-0.05, 0) is 54.8 Å². The van der Waals surface area contributed by atoms with Crippen LogP contribution in [-0.4, -0.2) is 35.8 Å². The number of amides is 2. The van der Waals surface area contributed by atoms with Crippen molar-refractivity contribution in [1.29, 1.82) is 0 Å². The normalized spacial score (nSPS) is 17.4. The van der Waals surface area contributed by atoms with Crippen molar-refractivity contribution in [3.8, 4) is 17.2 Å². The molecule has 10 heteroatoms. The molecule has 8 nitrogen and oxygen atoms in total. The highest BCUT2D eigenvalue weighted by molar-refractivity contribution is 6.32. The van der Waals surface area contributed by atoms with E-state index in [1.165, 1.54) is 4.90 Å². The van der Waals surface area contributed by atoms with Crippen molar-refractivity contribution >= 4 is 46.4 Å². The molecule has 0 saturated heterocycles. The van der Waals surface area contributed by atoms with Gasteiger partial charge in [-0.2, -0.15) is 5.10 Å². The van der Waals surface area contributed by atoms with Crippen LogP contribution in [0.5, 0.6) is 11.5 Å². The van der Waals surface area contributed by atoms with Crippen LogP contribution in [0.25, 0.3) is 5.69 Å². The quantitative estimate of drug-likeness (QED) is 0.293. The number of aromatic nitrogens is 2. The number of nitrogens with one attached hydrogen (secondary N) is 1. The lowest BCUT2D eigenvalue weighted by Gasteiger charge is -2.36. The second-order valence-corrected chi connectivity index (χ2v) is 11.0. The molecule has 1 spiro atoms. The fourth-order valence-corrected chi connectivity index (χ4v) is 6.24. The summed E-state index contributed by atoms with van der Waals surface area (Å²) in [5.41, 5.74) is 2.73. The fourth-order valence-electron chi connectivity index (χ4n) is 5.91. The van der Waals surface area contributed by atoms with Crippen molar-refractivity contribution in [2.75, 3.05) is 24.4 Å². The minimum absolute atomic E-state index is 0.161. The van der Waals surface area contributed by atoms with E-state index in [-0.39, 0.29) is 17.5 Å². The minimum Gasteiger partial charge on any atom is -0.494 e. The maximum atomic E-state index is 14.5. The van der Waals surface area contributed by atoms with E-state index in [1.807, 2.05) is 32.9 Å². The van der Waals surface area contributed by atoms with Crippen molar-refractivity contribution in [3.05, 3.63) is 92.7 Å². The molecule has 1 N–H and O–H groups in total. The molecule has 0 aliphatic carbocycles. The Morgan fingerprint density at radius 3 is 2.25 bits per heavy atom. The third-order valence-electron chi connectivity index (χ3n) is 7.54.